The average Bonchev–Trinajstić information content (AvgIpc) is 2.41. The Morgan fingerprint density at radius 3 is 2.53 bits per heavy atom. The van der Waals surface area contributed by atoms with E-state index in [2.05, 4.69) is 15.9 Å². The van der Waals surface area contributed by atoms with Crippen molar-refractivity contribution in [3.8, 4) is 17.1 Å². The van der Waals surface area contributed by atoms with Gasteiger partial charge in [-0.05, 0) is 52.3 Å². The molecule has 0 radical (unpaired) electrons. The Morgan fingerprint density at radius 1 is 1.05 bits per heavy atom. The Labute approximate surface area is 117 Å². The van der Waals surface area contributed by atoms with Gasteiger partial charge in [0.05, 0.1) is 9.86 Å². The maximum Gasteiger partial charge on any atom is 0.193 e. The molecule has 0 aliphatic rings. The molecule has 0 aliphatic heterocycles. The van der Waals surface area contributed by atoms with Crippen LogP contribution < -0.4 is 5.43 Å². The van der Waals surface area contributed by atoms with Gasteiger partial charge in [0.1, 0.15) is 11.5 Å². The van der Waals surface area contributed by atoms with Crippen LogP contribution in [0.15, 0.2) is 62.2 Å². The number of fused-ring (bicyclic) bond motifs is 1. The summed E-state index contributed by atoms with van der Waals surface area (Å²) < 4.78 is 6.51. The van der Waals surface area contributed by atoms with Crippen LogP contribution in [0.3, 0.4) is 0 Å². The van der Waals surface area contributed by atoms with Crippen LogP contribution in [0.4, 0.5) is 0 Å². The van der Waals surface area contributed by atoms with Gasteiger partial charge in [-0.2, -0.15) is 0 Å². The number of halogens is 1. The van der Waals surface area contributed by atoms with Crippen molar-refractivity contribution in [2.45, 2.75) is 0 Å². The highest BCUT2D eigenvalue weighted by molar-refractivity contribution is 9.10. The lowest BCUT2D eigenvalue weighted by Gasteiger charge is -2.04. The summed E-state index contributed by atoms with van der Waals surface area (Å²) in [6.07, 6.45) is 0. The standard InChI is InChI=1S/C15H9BrO3/c16-12-3-1-2-11-13(18)8-14(19-15(11)12)9-4-6-10(17)7-5-9/h1-8,17H. The number of hydrogen-bond donors (Lipinski definition) is 1. The van der Waals surface area contributed by atoms with Crippen LogP contribution in [-0.2, 0) is 0 Å². The van der Waals surface area contributed by atoms with Crippen molar-refractivity contribution in [3.05, 3.63) is 63.2 Å². The van der Waals surface area contributed by atoms with E-state index in [0.29, 0.717) is 16.7 Å². The second-order valence-electron chi connectivity index (χ2n) is 4.14. The molecule has 19 heavy (non-hydrogen) atoms. The summed E-state index contributed by atoms with van der Waals surface area (Å²) in [5, 5.41) is 9.81. The number of hydrogen-bond acceptors (Lipinski definition) is 3. The zero-order chi connectivity index (χ0) is 13.4. The normalized spacial score (nSPS) is 10.8. The van der Waals surface area contributed by atoms with Crippen molar-refractivity contribution in [3.63, 3.8) is 0 Å². The third-order valence-electron chi connectivity index (χ3n) is 2.86. The SMILES string of the molecule is O=c1cc(-c2ccc(O)cc2)oc2c(Br)cccc12. The average molecular weight is 317 g/mol. The fourth-order valence-electron chi connectivity index (χ4n) is 1.91. The molecule has 0 spiro atoms. The molecule has 1 heterocycles. The molecule has 94 valence electrons. The predicted molar refractivity (Wildman–Crippen MR) is 77.3 cm³/mol. The Bertz CT molecular complexity index is 804. The zero-order valence-electron chi connectivity index (χ0n) is 9.76. The number of phenols is 1. The van der Waals surface area contributed by atoms with Crippen molar-refractivity contribution < 1.29 is 9.52 Å². The van der Waals surface area contributed by atoms with Gasteiger partial charge in [0.15, 0.2) is 11.0 Å². The molecule has 1 N–H and O–H groups in total. The quantitative estimate of drug-likeness (QED) is 0.740. The summed E-state index contributed by atoms with van der Waals surface area (Å²) >= 11 is 3.38. The Kier molecular flexibility index (Phi) is 2.87. The van der Waals surface area contributed by atoms with Crippen molar-refractivity contribution in [1.29, 1.82) is 0 Å². The van der Waals surface area contributed by atoms with E-state index in [1.807, 2.05) is 6.07 Å². The molecule has 2 aromatic carbocycles. The van der Waals surface area contributed by atoms with Crippen molar-refractivity contribution >= 4 is 26.9 Å². The van der Waals surface area contributed by atoms with Gasteiger partial charge >= 0.3 is 0 Å². The molecular formula is C15H9BrO3. The van der Waals surface area contributed by atoms with Gasteiger partial charge in [0, 0.05) is 11.6 Å². The molecule has 3 nitrogen and oxygen atoms in total. The highest BCUT2D eigenvalue weighted by Crippen LogP contribution is 2.27. The number of aromatic hydroxyl groups is 1. The molecule has 0 unspecified atom stereocenters. The molecule has 0 saturated carbocycles. The van der Waals surface area contributed by atoms with Crippen LogP contribution in [0.25, 0.3) is 22.3 Å². The topological polar surface area (TPSA) is 50.4 Å². The van der Waals surface area contributed by atoms with Crippen LogP contribution in [-0.4, -0.2) is 5.11 Å². The first-order chi connectivity index (χ1) is 9.15. The van der Waals surface area contributed by atoms with Crippen LogP contribution >= 0.6 is 15.9 Å². The zero-order valence-corrected chi connectivity index (χ0v) is 11.3. The summed E-state index contributed by atoms with van der Waals surface area (Å²) in [6.45, 7) is 0. The van der Waals surface area contributed by atoms with Crippen LogP contribution in [0, 0.1) is 0 Å². The van der Waals surface area contributed by atoms with Crippen LogP contribution in [0.1, 0.15) is 0 Å². The maximum atomic E-state index is 12.1. The first-order valence-electron chi connectivity index (χ1n) is 5.67. The highest BCUT2D eigenvalue weighted by atomic mass is 79.9. The summed E-state index contributed by atoms with van der Waals surface area (Å²) in [6, 6.07) is 13.3. The monoisotopic (exact) mass is 316 g/mol. The second kappa shape index (κ2) is 4.55. The Balaban J connectivity index is 2.29. The lowest BCUT2D eigenvalue weighted by atomic mass is 10.1. The molecule has 0 amide bonds. The minimum absolute atomic E-state index is 0.0920. The minimum Gasteiger partial charge on any atom is -0.508 e. The smallest absolute Gasteiger partial charge is 0.193 e. The fraction of sp³-hybridized carbons (Fsp3) is 0. The van der Waals surface area contributed by atoms with Gasteiger partial charge in [-0.25, -0.2) is 0 Å². The second-order valence-corrected chi connectivity index (χ2v) is 4.99. The minimum atomic E-state index is -0.0920. The summed E-state index contributed by atoms with van der Waals surface area (Å²) in [5.41, 5.74) is 1.18. The van der Waals surface area contributed by atoms with Gasteiger partial charge in [-0.15, -0.1) is 0 Å². The first-order valence-corrected chi connectivity index (χ1v) is 6.46. The summed E-state index contributed by atoms with van der Waals surface area (Å²) in [4.78, 5) is 12.1. The van der Waals surface area contributed by atoms with E-state index < -0.39 is 0 Å². The van der Waals surface area contributed by atoms with E-state index in [1.165, 1.54) is 6.07 Å². The summed E-state index contributed by atoms with van der Waals surface area (Å²) in [7, 11) is 0. The molecule has 0 atom stereocenters. The van der Waals surface area contributed by atoms with Gasteiger partial charge in [-0.3, -0.25) is 4.79 Å². The maximum absolute atomic E-state index is 12.1. The molecule has 0 fully saturated rings. The van der Waals surface area contributed by atoms with Crippen molar-refractivity contribution in [2.75, 3.05) is 0 Å². The van der Waals surface area contributed by atoms with Crippen molar-refractivity contribution in [2.24, 2.45) is 0 Å². The van der Waals surface area contributed by atoms with E-state index in [0.717, 1.165) is 10.0 Å². The summed E-state index contributed by atoms with van der Waals surface area (Å²) in [5.74, 6) is 0.650. The van der Waals surface area contributed by atoms with Crippen LogP contribution in [0.2, 0.25) is 0 Å². The van der Waals surface area contributed by atoms with E-state index in [4.69, 9.17) is 4.42 Å². The number of benzene rings is 2. The van der Waals surface area contributed by atoms with Gasteiger partial charge in [-0.1, -0.05) is 6.07 Å². The Hall–Kier alpha value is -2.07. The van der Waals surface area contributed by atoms with Gasteiger partial charge in [0.25, 0.3) is 0 Å². The largest absolute Gasteiger partial charge is 0.508 e. The lowest BCUT2D eigenvalue weighted by molar-refractivity contribution is 0.475. The van der Waals surface area contributed by atoms with Crippen molar-refractivity contribution in [1.82, 2.24) is 0 Å². The molecule has 0 bridgehead atoms. The molecule has 4 heteroatoms. The first kappa shape index (κ1) is 12.0. The van der Waals surface area contributed by atoms with Crippen LogP contribution in [0.5, 0.6) is 5.75 Å². The molecule has 3 rings (SSSR count). The van der Waals surface area contributed by atoms with E-state index >= 15 is 0 Å². The van der Waals surface area contributed by atoms with E-state index in [1.54, 1.807) is 36.4 Å². The van der Waals surface area contributed by atoms with E-state index in [-0.39, 0.29) is 11.2 Å². The third kappa shape index (κ3) is 2.15. The molecule has 1 aromatic heterocycles. The number of para-hydroxylation sites is 1. The number of phenolic OH excluding ortho intramolecular Hbond substituents is 1. The van der Waals surface area contributed by atoms with Gasteiger partial charge < -0.3 is 9.52 Å². The Morgan fingerprint density at radius 2 is 1.79 bits per heavy atom. The van der Waals surface area contributed by atoms with E-state index in [9.17, 15) is 9.90 Å². The fourth-order valence-corrected chi connectivity index (χ4v) is 2.36. The third-order valence-corrected chi connectivity index (χ3v) is 3.48. The number of rotatable bonds is 1. The molecule has 0 saturated heterocycles. The molecular weight excluding hydrogens is 308 g/mol. The highest BCUT2D eigenvalue weighted by Gasteiger charge is 2.09. The van der Waals surface area contributed by atoms with Gasteiger partial charge in [0.2, 0.25) is 0 Å². The predicted octanol–water partition coefficient (Wildman–Crippen LogP) is 3.93. The molecule has 3 aromatic rings. The molecule has 0 aliphatic carbocycles. The lowest BCUT2D eigenvalue weighted by Crippen LogP contribution is -2.00.